The normalized spacial score (nSPS) is 10.5. The van der Waals surface area contributed by atoms with Gasteiger partial charge in [0.15, 0.2) is 0 Å². The number of hydrogen-bond acceptors (Lipinski definition) is 4. The van der Waals surface area contributed by atoms with Gasteiger partial charge in [-0.1, -0.05) is 13.8 Å². The van der Waals surface area contributed by atoms with E-state index in [4.69, 9.17) is 4.74 Å². The van der Waals surface area contributed by atoms with Crippen molar-refractivity contribution in [3.05, 3.63) is 18.3 Å². The minimum absolute atomic E-state index is 0.571. The van der Waals surface area contributed by atoms with E-state index in [-0.39, 0.29) is 0 Å². The summed E-state index contributed by atoms with van der Waals surface area (Å²) in [6, 6.07) is 3.67. The number of aliphatic imine (C=N–C) groups is 1. The van der Waals surface area contributed by atoms with Gasteiger partial charge in [-0.05, 0) is 38.4 Å². The van der Waals surface area contributed by atoms with Gasteiger partial charge in [0.2, 0.25) is 5.88 Å². The molecular formula is C13H21N3O. The summed E-state index contributed by atoms with van der Waals surface area (Å²) in [5, 5.41) is 0. The van der Waals surface area contributed by atoms with Gasteiger partial charge in [-0.2, -0.15) is 0 Å². The molecule has 0 fully saturated rings. The summed E-state index contributed by atoms with van der Waals surface area (Å²) < 4.78 is 5.60. The Morgan fingerprint density at radius 1 is 1.41 bits per heavy atom. The van der Waals surface area contributed by atoms with Gasteiger partial charge in [0.1, 0.15) is 5.69 Å². The van der Waals surface area contributed by atoms with E-state index < -0.39 is 0 Å². The third-order valence-corrected chi connectivity index (χ3v) is 2.67. The van der Waals surface area contributed by atoms with Crippen molar-refractivity contribution in [2.75, 3.05) is 26.2 Å². The zero-order valence-electron chi connectivity index (χ0n) is 10.7. The number of ether oxygens (including phenoxy) is 1. The number of nitrogens with zero attached hydrogens (tertiary/aromatic N) is 3. The molecule has 0 unspecified atom stereocenters. The number of hydrogen-bond donors (Lipinski definition) is 0. The molecule has 94 valence electrons. The molecule has 0 aliphatic heterocycles. The van der Waals surface area contributed by atoms with Gasteiger partial charge >= 0.3 is 0 Å². The fraction of sp³-hybridized carbons (Fsp3) is 0.538. The lowest BCUT2D eigenvalue weighted by molar-refractivity contribution is 0.245. The van der Waals surface area contributed by atoms with E-state index >= 15 is 0 Å². The first-order chi connectivity index (χ1) is 8.31. The molecule has 0 atom stereocenters. The molecule has 0 aromatic carbocycles. The second-order valence-electron chi connectivity index (χ2n) is 3.71. The van der Waals surface area contributed by atoms with Crippen molar-refractivity contribution in [2.45, 2.75) is 20.3 Å². The maximum atomic E-state index is 5.60. The largest absolute Gasteiger partial charge is 0.476 e. The minimum atomic E-state index is 0.571. The molecule has 0 spiro atoms. The van der Waals surface area contributed by atoms with Gasteiger partial charge in [0.05, 0.1) is 6.61 Å². The Hall–Kier alpha value is -1.42. The van der Waals surface area contributed by atoms with E-state index in [2.05, 4.69) is 35.4 Å². The van der Waals surface area contributed by atoms with Crippen LogP contribution < -0.4 is 4.74 Å². The topological polar surface area (TPSA) is 37.7 Å². The lowest BCUT2D eigenvalue weighted by Gasteiger charge is -2.17. The summed E-state index contributed by atoms with van der Waals surface area (Å²) in [6.45, 7) is 11.7. The fourth-order valence-electron chi connectivity index (χ4n) is 1.61. The van der Waals surface area contributed by atoms with E-state index in [0.717, 1.165) is 26.1 Å². The zero-order valence-corrected chi connectivity index (χ0v) is 10.7. The predicted octanol–water partition coefficient (Wildman–Crippen LogP) is 2.52. The molecule has 0 radical (unpaired) electrons. The summed E-state index contributed by atoms with van der Waals surface area (Å²) in [5.74, 6) is 0.571. The molecule has 4 heteroatoms. The standard InChI is InChI=1S/C13H21N3O/c1-4-16(5-2)10-7-11-17-13-12(14-3)8-6-9-15-13/h6,8-9H,3-5,7,10-11H2,1-2H3. The highest BCUT2D eigenvalue weighted by atomic mass is 16.5. The van der Waals surface area contributed by atoms with E-state index in [9.17, 15) is 0 Å². The van der Waals surface area contributed by atoms with Crippen LogP contribution in [0.2, 0.25) is 0 Å². The van der Waals surface area contributed by atoms with Crippen LogP contribution in [0.1, 0.15) is 20.3 Å². The van der Waals surface area contributed by atoms with Crippen molar-refractivity contribution < 1.29 is 4.74 Å². The van der Waals surface area contributed by atoms with Crippen molar-refractivity contribution in [3.8, 4) is 5.88 Å². The molecule has 0 bridgehead atoms. The summed E-state index contributed by atoms with van der Waals surface area (Å²) in [6.07, 6.45) is 2.70. The van der Waals surface area contributed by atoms with Crippen LogP contribution in [0.25, 0.3) is 0 Å². The molecule has 17 heavy (non-hydrogen) atoms. The molecule has 0 aliphatic rings. The first kappa shape index (κ1) is 13.6. The summed E-state index contributed by atoms with van der Waals surface area (Å²) in [5.41, 5.74) is 0.704. The van der Waals surface area contributed by atoms with E-state index in [1.54, 1.807) is 6.20 Å². The minimum Gasteiger partial charge on any atom is -0.476 e. The van der Waals surface area contributed by atoms with Crippen LogP contribution in [0, 0.1) is 0 Å². The van der Waals surface area contributed by atoms with Crippen molar-refractivity contribution in [1.29, 1.82) is 0 Å². The van der Waals surface area contributed by atoms with Crippen LogP contribution in [0.3, 0.4) is 0 Å². The molecule has 0 aliphatic carbocycles. The van der Waals surface area contributed by atoms with Gasteiger partial charge in [0.25, 0.3) is 0 Å². The molecule has 1 heterocycles. The van der Waals surface area contributed by atoms with Gasteiger partial charge in [-0.25, -0.2) is 4.98 Å². The third kappa shape index (κ3) is 4.53. The Morgan fingerprint density at radius 2 is 2.18 bits per heavy atom. The maximum absolute atomic E-state index is 5.60. The molecule has 0 saturated heterocycles. The monoisotopic (exact) mass is 235 g/mol. The Bertz CT molecular complexity index is 337. The van der Waals surface area contributed by atoms with Crippen LogP contribution in [-0.4, -0.2) is 42.8 Å². The molecule has 0 amide bonds. The highest BCUT2D eigenvalue weighted by Crippen LogP contribution is 2.22. The molecule has 1 aromatic heterocycles. The van der Waals surface area contributed by atoms with Gasteiger partial charge in [-0.15, -0.1) is 0 Å². The average molecular weight is 235 g/mol. The quantitative estimate of drug-likeness (QED) is 0.513. The smallest absolute Gasteiger partial charge is 0.239 e. The molecule has 1 rings (SSSR count). The molecule has 4 nitrogen and oxygen atoms in total. The first-order valence-electron chi connectivity index (χ1n) is 6.08. The number of aromatic nitrogens is 1. The lowest BCUT2D eigenvalue weighted by atomic mass is 10.4. The predicted molar refractivity (Wildman–Crippen MR) is 71.3 cm³/mol. The number of pyridine rings is 1. The van der Waals surface area contributed by atoms with Gasteiger partial charge in [-0.3, -0.25) is 4.99 Å². The molecule has 1 aromatic rings. The van der Waals surface area contributed by atoms with Gasteiger partial charge in [0, 0.05) is 12.7 Å². The number of rotatable bonds is 8. The summed E-state index contributed by atoms with van der Waals surface area (Å²) >= 11 is 0. The van der Waals surface area contributed by atoms with Crippen molar-refractivity contribution in [2.24, 2.45) is 4.99 Å². The summed E-state index contributed by atoms with van der Waals surface area (Å²) in [4.78, 5) is 10.4. The third-order valence-electron chi connectivity index (χ3n) is 2.67. The highest BCUT2D eigenvalue weighted by Gasteiger charge is 2.03. The maximum Gasteiger partial charge on any atom is 0.239 e. The first-order valence-corrected chi connectivity index (χ1v) is 6.08. The Kier molecular flexibility index (Phi) is 6.25. The summed E-state index contributed by atoms with van der Waals surface area (Å²) in [7, 11) is 0. The molecule has 0 saturated carbocycles. The molecule has 0 N–H and O–H groups in total. The Morgan fingerprint density at radius 3 is 2.82 bits per heavy atom. The average Bonchev–Trinajstić information content (AvgIpc) is 2.39. The Balaban J connectivity index is 2.33. The van der Waals surface area contributed by atoms with Crippen LogP contribution in [0.5, 0.6) is 5.88 Å². The molecular weight excluding hydrogens is 214 g/mol. The van der Waals surface area contributed by atoms with Crippen LogP contribution >= 0.6 is 0 Å². The van der Waals surface area contributed by atoms with Crippen LogP contribution in [0.4, 0.5) is 5.69 Å². The van der Waals surface area contributed by atoms with Crippen molar-refractivity contribution in [1.82, 2.24) is 9.88 Å². The van der Waals surface area contributed by atoms with E-state index in [0.29, 0.717) is 18.2 Å². The van der Waals surface area contributed by atoms with Crippen molar-refractivity contribution in [3.63, 3.8) is 0 Å². The second-order valence-corrected chi connectivity index (χ2v) is 3.71. The van der Waals surface area contributed by atoms with E-state index in [1.807, 2.05) is 12.1 Å². The lowest BCUT2D eigenvalue weighted by Crippen LogP contribution is -2.25. The zero-order chi connectivity index (χ0) is 12.5. The van der Waals surface area contributed by atoms with Crippen LogP contribution in [0.15, 0.2) is 23.3 Å². The second kappa shape index (κ2) is 7.79. The SMILES string of the molecule is C=Nc1cccnc1OCCCN(CC)CC. The Labute approximate surface area is 103 Å². The van der Waals surface area contributed by atoms with Crippen LogP contribution in [-0.2, 0) is 0 Å². The van der Waals surface area contributed by atoms with Gasteiger partial charge < -0.3 is 9.64 Å². The van der Waals surface area contributed by atoms with E-state index in [1.165, 1.54) is 0 Å². The van der Waals surface area contributed by atoms with Crippen molar-refractivity contribution >= 4 is 12.4 Å². The highest BCUT2D eigenvalue weighted by molar-refractivity contribution is 5.51. The fourth-order valence-corrected chi connectivity index (χ4v) is 1.61.